The summed E-state index contributed by atoms with van der Waals surface area (Å²) in [5.41, 5.74) is 0.356. The van der Waals surface area contributed by atoms with Gasteiger partial charge in [-0.15, -0.1) is 12.4 Å². The summed E-state index contributed by atoms with van der Waals surface area (Å²) < 4.78 is 31.8. The predicted octanol–water partition coefficient (Wildman–Crippen LogP) is 1.25. The van der Waals surface area contributed by atoms with Crippen molar-refractivity contribution in [3.05, 3.63) is 29.8 Å². The van der Waals surface area contributed by atoms with Crippen molar-refractivity contribution in [2.24, 2.45) is 0 Å². The van der Waals surface area contributed by atoms with Crippen LogP contribution in [0.2, 0.25) is 0 Å². The first-order valence-corrected chi connectivity index (χ1v) is 10.1. The Bertz CT molecular complexity index is 664. The molecule has 0 bridgehead atoms. The molecule has 1 amide bonds. The van der Waals surface area contributed by atoms with E-state index < -0.39 is 10.0 Å². The van der Waals surface area contributed by atoms with Crippen LogP contribution in [0.5, 0.6) is 0 Å². The van der Waals surface area contributed by atoms with Crippen LogP contribution in [0.25, 0.3) is 0 Å². The number of rotatable bonds is 9. The molecule has 0 unspecified atom stereocenters. The Hall–Kier alpha value is -1.19. The molecule has 0 aliphatic carbocycles. The molecular formula is C17H28ClN3O4S. The average Bonchev–Trinajstić information content (AvgIpc) is 2.65. The Balaban J connectivity index is 0.00000338. The smallest absolute Gasteiger partial charge is 0.251 e. The van der Waals surface area contributed by atoms with Gasteiger partial charge < -0.3 is 15.4 Å². The molecule has 0 atom stereocenters. The van der Waals surface area contributed by atoms with Crippen LogP contribution in [-0.4, -0.2) is 65.1 Å². The number of amides is 1. The fraction of sp³-hybridized carbons (Fsp3) is 0.588. The van der Waals surface area contributed by atoms with Crippen LogP contribution in [0.4, 0.5) is 0 Å². The van der Waals surface area contributed by atoms with Crippen molar-refractivity contribution in [2.45, 2.75) is 24.2 Å². The molecule has 2 rings (SSSR count). The number of methoxy groups -OCH3 is 1. The Morgan fingerprint density at radius 3 is 2.58 bits per heavy atom. The minimum absolute atomic E-state index is 0. The number of hydrogen-bond donors (Lipinski definition) is 2. The normalized spacial score (nSPS) is 15.3. The highest BCUT2D eigenvalue weighted by molar-refractivity contribution is 7.89. The molecule has 1 aliphatic heterocycles. The molecule has 1 aromatic rings. The first kappa shape index (κ1) is 22.9. The third kappa shape index (κ3) is 6.51. The number of hydrogen-bond acceptors (Lipinski definition) is 5. The summed E-state index contributed by atoms with van der Waals surface area (Å²) in [6, 6.07) is 6.25. The molecular weight excluding hydrogens is 378 g/mol. The minimum Gasteiger partial charge on any atom is -0.383 e. The summed E-state index contributed by atoms with van der Waals surface area (Å²) in [7, 11) is -1.89. The summed E-state index contributed by atoms with van der Waals surface area (Å²) >= 11 is 0. The summed E-state index contributed by atoms with van der Waals surface area (Å²) in [6.07, 6.45) is 2.83. The summed E-state index contributed by atoms with van der Waals surface area (Å²) in [6.45, 7) is 3.52. The van der Waals surface area contributed by atoms with E-state index in [-0.39, 0.29) is 23.2 Å². The number of nitrogens with one attached hydrogen (secondary N) is 2. The van der Waals surface area contributed by atoms with Crippen molar-refractivity contribution in [3.63, 3.8) is 0 Å². The molecule has 0 radical (unpaired) electrons. The molecule has 0 aromatic heterocycles. The zero-order chi connectivity index (χ0) is 18.1. The van der Waals surface area contributed by atoms with Gasteiger partial charge in [0.05, 0.1) is 11.5 Å². The van der Waals surface area contributed by atoms with Gasteiger partial charge in [-0.25, -0.2) is 8.42 Å². The van der Waals surface area contributed by atoms with Crippen LogP contribution in [0, 0.1) is 0 Å². The maximum absolute atomic E-state index is 12.7. The summed E-state index contributed by atoms with van der Waals surface area (Å²) in [5.74, 6) is -0.274. The number of halogens is 1. The maximum atomic E-state index is 12.7. The largest absolute Gasteiger partial charge is 0.383 e. The second-order valence-electron chi connectivity index (χ2n) is 5.99. The van der Waals surface area contributed by atoms with Crippen LogP contribution >= 0.6 is 12.4 Å². The van der Waals surface area contributed by atoms with Crippen LogP contribution in [0.3, 0.4) is 0 Å². The molecule has 1 aliphatic rings. The van der Waals surface area contributed by atoms with Gasteiger partial charge in [0.2, 0.25) is 10.0 Å². The van der Waals surface area contributed by atoms with E-state index in [1.807, 2.05) is 0 Å². The fourth-order valence-electron chi connectivity index (χ4n) is 2.72. The lowest BCUT2D eigenvalue weighted by Gasteiger charge is -2.26. The van der Waals surface area contributed by atoms with Gasteiger partial charge in [0.1, 0.15) is 0 Å². The van der Waals surface area contributed by atoms with E-state index in [0.29, 0.717) is 38.3 Å². The highest BCUT2D eigenvalue weighted by Gasteiger charge is 2.26. The van der Waals surface area contributed by atoms with Gasteiger partial charge in [0, 0.05) is 45.4 Å². The molecule has 7 nitrogen and oxygen atoms in total. The number of piperidine rings is 1. The van der Waals surface area contributed by atoms with Crippen molar-refractivity contribution < 1.29 is 17.9 Å². The highest BCUT2D eigenvalue weighted by atomic mass is 35.5. The van der Waals surface area contributed by atoms with Crippen molar-refractivity contribution >= 4 is 28.3 Å². The van der Waals surface area contributed by atoms with E-state index in [1.54, 1.807) is 25.3 Å². The average molecular weight is 406 g/mol. The van der Waals surface area contributed by atoms with Crippen LogP contribution in [0.15, 0.2) is 29.2 Å². The minimum atomic E-state index is -3.53. The first-order valence-electron chi connectivity index (χ1n) is 8.64. The predicted molar refractivity (Wildman–Crippen MR) is 103 cm³/mol. The molecule has 1 fully saturated rings. The third-order valence-electron chi connectivity index (χ3n) is 4.12. The number of benzene rings is 1. The lowest BCUT2D eigenvalue weighted by Crippen LogP contribution is -2.36. The lowest BCUT2D eigenvalue weighted by molar-refractivity contribution is 0.0953. The van der Waals surface area contributed by atoms with Crippen LogP contribution < -0.4 is 10.6 Å². The van der Waals surface area contributed by atoms with E-state index in [0.717, 1.165) is 25.8 Å². The summed E-state index contributed by atoms with van der Waals surface area (Å²) in [4.78, 5) is 12.4. The van der Waals surface area contributed by atoms with E-state index in [2.05, 4.69) is 10.6 Å². The van der Waals surface area contributed by atoms with E-state index >= 15 is 0 Å². The van der Waals surface area contributed by atoms with Gasteiger partial charge in [-0.3, -0.25) is 4.79 Å². The Labute approximate surface area is 161 Å². The monoisotopic (exact) mass is 405 g/mol. The van der Waals surface area contributed by atoms with E-state index in [1.165, 1.54) is 10.4 Å². The number of sulfonamides is 1. The van der Waals surface area contributed by atoms with Crippen LogP contribution in [-0.2, 0) is 14.8 Å². The second-order valence-corrected chi connectivity index (χ2v) is 7.93. The SMILES string of the molecule is COCCNCCNC(=O)c1cccc(S(=O)(=O)N2CCCCC2)c1.Cl. The fourth-order valence-corrected chi connectivity index (χ4v) is 4.28. The Kier molecular flexibility index (Phi) is 10.1. The molecule has 0 spiro atoms. The van der Waals surface area contributed by atoms with Gasteiger partial charge >= 0.3 is 0 Å². The first-order chi connectivity index (χ1) is 12.1. The molecule has 1 aromatic carbocycles. The van der Waals surface area contributed by atoms with Crippen molar-refractivity contribution in [1.82, 2.24) is 14.9 Å². The number of carbonyl (C=O) groups excluding carboxylic acids is 1. The molecule has 148 valence electrons. The van der Waals surface area contributed by atoms with Gasteiger partial charge in [0.15, 0.2) is 0 Å². The molecule has 2 N–H and O–H groups in total. The third-order valence-corrected chi connectivity index (χ3v) is 6.01. The number of ether oxygens (including phenoxy) is 1. The van der Waals surface area contributed by atoms with Crippen molar-refractivity contribution in [3.8, 4) is 0 Å². The standard InChI is InChI=1S/C17H27N3O4S.ClH/c1-24-13-10-18-8-9-19-17(21)15-6-5-7-16(14-15)25(22,23)20-11-3-2-4-12-20;/h5-7,14,18H,2-4,8-13H2,1H3,(H,19,21);1H. The zero-order valence-electron chi connectivity index (χ0n) is 15.1. The summed E-state index contributed by atoms with van der Waals surface area (Å²) in [5, 5.41) is 5.91. The van der Waals surface area contributed by atoms with Gasteiger partial charge in [-0.1, -0.05) is 12.5 Å². The second kappa shape index (κ2) is 11.5. The van der Waals surface area contributed by atoms with E-state index in [9.17, 15) is 13.2 Å². The highest BCUT2D eigenvalue weighted by Crippen LogP contribution is 2.21. The van der Waals surface area contributed by atoms with Crippen LogP contribution in [0.1, 0.15) is 29.6 Å². The van der Waals surface area contributed by atoms with Crippen molar-refractivity contribution in [1.29, 1.82) is 0 Å². The van der Waals surface area contributed by atoms with Gasteiger partial charge in [-0.05, 0) is 31.0 Å². The molecule has 26 heavy (non-hydrogen) atoms. The molecule has 1 saturated heterocycles. The topological polar surface area (TPSA) is 87.7 Å². The van der Waals surface area contributed by atoms with Gasteiger partial charge in [-0.2, -0.15) is 4.31 Å². The lowest BCUT2D eigenvalue weighted by atomic mass is 10.2. The Morgan fingerprint density at radius 2 is 1.88 bits per heavy atom. The maximum Gasteiger partial charge on any atom is 0.251 e. The Morgan fingerprint density at radius 1 is 1.15 bits per heavy atom. The number of nitrogens with zero attached hydrogens (tertiary/aromatic N) is 1. The zero-order valence-corrected chi connectivity index (χ0v) is 16.7. The quantitative estimate of drug-likeness (QED) is 0.604. The van der Waals surface area contributed by atoms with Gasteiger partial charge in [0.25, 0.3) is 5.91 Å². The molecule has 9 heteroatoms. The number of carbonyl (C=O) groups is 1. The van der Waals surface area contributed by atoms with Crippen molar-refractivity contribution in [2.75, 3.05) is 46.4 Å². The molecule has 0 saturated carbocycles. The molecule has 1 heterocycles. The van der Waals surface area contributed by atoms with E-state index in [4.69, 9.17) is 4.74 Å².